The molecule has 0 radical (unpaired) electrons. The number of aromatic nitrogens is 1. The normalized spacial score (nSPS) is 11.3. The van der Waals surface area contributed by atoms with E-state index in [9.17, 15) is 0 Å². The molecule has 2 rings (SSSR count). The van der Waals surface area contributed by atoms with Gasteiger partial charge in [-0.15, -0.1) is 0 Å². The first-order valence-electron chi connectivity index (χ1n) is 7.48. The van der Waals surface area contributed by atoms with E-state index in [2.05, 4.69) is 47.4 Å². The highest BCUT2D eigenvalue weighted by Gasteiger charge is 2.10. The summed E-state index contributed by atoms with van der Waals surface area (Å²) in [4.78, 5) is 6.81. The molecule has 2 aromatic heterocycles. The van der Waals surface area contributed by atoms with Crippen molar-refractivity contribution in [2.45, 2.75) is 40.4 Å². The lowest BCUT2D eigenvalue weighted by molar-refractivity contribution is 0.312. The number of aryl methyl sites for hydroxylation is 2. The van der Waals surface area contributed by atoms with Crippen molar-refractivity contribution >= 4 is 0 Å². The largest absolute Gasteiger partial charge is 0.465 e. The van der Waals surface area contributed by atoms with Crippen LogP contribution in [0.3, 0.4) is 0 Å². The topological polar surface area (TPSA) is 41.3 Å². The van der Waals surface area contributed by atoms with E-state index in [0.717, 1.165) is 49.1 Å². The molecule has 0 saturated heterocycles. The monoisotopic (exact) mass is 287 g/mol. The smallest absolute Gasteiger partial charge is 0.118 e. The highest BCUT2D eigenvalue weighted by molar-refractivity contribution is 5.21. The Balaban J connectivity index is 1.96. The summed E-state index contributed by atoms with van der Waals surface area (Å²) in [6.07, 6.45) is 0. The van der Waals surface area contributed by atoms with Gasteiger partial charge in [0.1, 0.15) is 11.5 Å². The average Bonchev–Trinajstić information content (AvgIpc) is 2.77. The molecule has 4 nitrogen and oxygen atoms in total. The maximum atomic E-state index is 5.78. The summed E-state index contributed by atoms with van der Waals surface area (Å²) in [5.74, 6) is 2.01. The number of furan rings is 1. The Labute approximate surface area is 127 Å². The van der Waals surface area contributed by atoms with Crippen LogP contribution in [0, 0.1) is 13.8 Å². The van der Waals surface area contributed by atoms with Crippen molar-refractivity contribution in [1.82, 2.24) is 15.2 Å². The van der Waals surface area contributed by atoms with E-state index in [4.69, 9.17) is 4.42 Å². The van der Waals surface area contributed by atoms with Crippen molar-refractivity contribution in [3.8, 4) is 0 Å². The molecule has 0 atom stereocenters. The van der Waals surface area contributed by atoms with Crippen LogP contribution >= 0.6 is 0 Å². The van der Waals surface area contributed by atoms with Gasteiger partial charge in [-0.3, -0.25) is 9.88 Å². The Morgan fingerprint density at radius 3 is 2.76 bits per heavy atom. The standard InChI is InChI=1S/C17H25N3O/c1-5-18-10-17-9-15(14(3)21-17)11-20(4)12-16-8-6-7-13(2)19-16/h6-9,18H,5,10-12H2,1-4H3. The third kappa shape index (κ3) is 4.69. The second-order valence-corrected chi connectivity index (χ2v) is 5.52. The SMILES string of the molecule is CCNCc1cc(CN(C)Cc2cccc(C)n2)c(C)o1. The van der Waals surface area contributed by atoms with Crippen LogP contribution in [-0.2, 0) is 19.6 Å². The lowest BCUT2D eigenvalue weighted by Gasteiger charge is -2.15. The quantitative estimate of drug-likeness (QED) is 0.850. The molecule has 0 aliphatic heterocycles. The van der Waals surface area contributed by atoms with Gasteiger partial charge < -0.3 is 9.73 Å². The second-order valence-electron chi connectivity index (χ2n) is 5.52. The summed E-state index contributed by atoms with van der Waals surface area (Å²) in [6.45, 7) is 9.61. The first kappa shape index (κ1) is 15.7. The van der Waals surface area contributed by atoms with Crippen LogP contribution < -0.4 is 5.32 Å². The Kier molecular flexibility index (Phi) is 5.53. The van der Waals surface area contributed by atoms with Crippen LogP contribution in [-0.4, -0.2) is 23.5 Å². The van der Waals surface area contributed by atoms with Gasteiger partial charge in [0.15, 0.2) is 0 Å². The zero-order valence-electron chi connectivity index (χ0n) is 13.4. The van der Waals surface area contributed by atoms with E-state index in [1.165, 1.54) is 5.56 Å². The zero-order chi connectivity index (χ0) is 15.2. The Bertz CT molecular complexity index is 577. The zero-order valence-corrected chi connectivity index (χ0v) is 13.4. The Morgan fingerprint density at radius 2 is 2.05 bits per heavy atom. The molecule has 0 aliphatic carbocycles. The summed E-state index contributed by atoms with van der Waals surface area (Å²) in [7, 11) is 2.11. The number of pyridine rings is 1. The number of hydrogen-bond donors (Lipinski definition) is 1. The lowest BCUT2D eigenvalue weighted by Crippen LogP contribution is -2.18. The van der Waals surface area contributed by atoms with E-state index in [1.54, 1.807) is 0 Å². The van der Waals surface area contributed by atoms with Crippen molar-refractivity contribution in [2.24, 2.45) is 0 Å². The first-order valence-corrected chi connectivity index (χ1v) is 7.48. The van der Waals surface area contributed by atoms with Crippen LogP contribution in [0.4, 0.5) is 0 Å². The molecule has 0 aromatic carbocycles. The van der Waals surface area contributed by atoms with E-state index in [0.29, 0.717) is 0 Å². The number of nitrogens with zero attached hydrogens (tertiary/aromatic N) is 2. The maximum Gasteiger partial charge on any atom is 0.118 e. The van der Waals surface area contributed by atoms with E-state index in [1.807, 2.05) is 19.9 Å². The molecule has 1 N–H and O–H groups in total. The molecule has 114 valence electrons. The average molecular weight is 287 g/mol. The van der Waals surface area contributed by atoms with Gasteiger partial charge in [-0.1, -0.05) is 13.0 Å². The van der Waals surface area contributed by atoms with Gasteiger partial charge in [-0.25, -0.2) is 0 Å². The van der Waals surface area contributed by atoms with Crippen molar-refractivity contribution < 1.29 is 4.42 Å². The van der Waals surface area contributed by atoms with Crippen LogP contribution in [0.15, 0.2) is 28.7 Å². The van der Waals surface area contributed by atoms with Crippen LogP contribution in [0.2, 0.25) is 0 Å². The first-order chi connectivity index (χ1) is 10.1. The van der Waals surface area contributed by atoms with Crippen molar-refractivity contribution in [1.29, 1.82) is 0 Å². The minimum Gasteiger partial charge on any atom is -0.465 e. The lowest BCUT2D eigenvalue weighted by atomic mass is 10.2. The molecule has 0 bridgehead atoms. The Morgan fingerprint density at radius 1 is 1.24 bits per heavy atom. The summed E-state index contributed by atoms with van der Waals surface area (Å²) in [5.41, 5.74) is 3.41. The molecule has 2 heterocycles. The van der Waals surface area contributed by atoms with Gasteiger partial charge >= 0.3 is 0 Å². The highest BCUT2D eigenvalue weighted by atomic mass is 16.3. The number of nitrogens with one attached hydrogen (secondary N) is 1. The van der Waals surface area contributed by atoms with Gasteiger partial charge in [0.25, 0.3) is 0 Å². The van der Waals surface area contributed by atoms with Crippen LogP contribution in [0.1, 0.15) is 35.4 Å². The predicted octanol–water partition coefficient (Wildman–Crippen LogP) is 3.03. The summed E-state index contributed by atoms with van der Waals surface area (Å²) < 4.78 is 5.78. The molecule has 0 unspecified atom stereocenters. The van der Waals surface area contributed by atoms with Crippen LogP contribution in [0.5, 0.6) is 0 Å². The summed E-state index contributed by atoms with van der Waals surface area (Å²) >= 11 is 0. The van der Waals surface area contributed by atoms with E-state index < -0.39 is 0 Å². The fourth-order valence-corrected chi connectivity index (χ4v) is 2.39. The van der Waals surface area contributed by atoms with Gasteiger partial charge in [-0.2, -0.15) is 0 Å². The molecule has 2 aromatic rings. The highest BCUT2D eigenvalue weighted by Crippen LogP contribution is 2.17. The molecule has 4 heteroatoms. The molecule has 0 fully saturated rings. The van der Waals surface area contributed by atoms with Crippen molar-refractivity contribution in [2.75, 3.05) is 13.6 Å². The third-order valence-corrected chi connectivity index (χ3v) is 3.44. The molecule has 21 heavy (non-hydrogen) atoms. The fourth-order valence-electron chi connectivity index (χ4n) is 2.39. The third-order valence-electron chi connectivity index (χ3n) is 3.44. The second kappa shape index (κ2) is 7.38. The minimum atomic E-state index is 0.792. The maximum absolute atomic E-state index is 5.78. The fraction of sp³-hybridized carbons (Fsp3) is 0.471. The van der Waals surface area contributed by atoms with E-state index in [-0.39, 0.29) is 0 Å². The van der Waals surface area contributed by atoms with Gasteiger partial charge in [0.05, 0.1) is 12.2 Å². The Hall–Kier alpha value is -1.65. The molecule has 0 saturated carbocycles. The predicted molar refractivity (Wildman–Crippen MR) is 85.0 cm³/mol. The van der Waals surface area contributed by atoms with Crippen LogP contribution in [0.25, 0.3) is 0 Å². The van der Waals surface area contributed by atoms with Crippen molar-refractivity contribution in [3.63, 3.8) is 0 Å². The molecule has 0 amide bonds. The minimum absolute atomic E-state index is 0.792. The molecule has 0 aliphatic rings. The van der Waals surface area contributed by atoms with Crippen molar-refractivity contribution in [3.05, 3.63) is 52.7 Å². The molecular formula is C17H25N3O. The number of hydrogen-bond acceptors (Lipinski definition) is 4. The summed E-state index contributed by atoms with van der Waals surface area (Å²) in [5, 5.41) is 3.29. The molecular weight excluding hydrogens is 262 g/mol. The number of rotatable bonds is 7. The summed E-state index contributed by atoms with van der Waals surface area (Å²) in [6, 6.07) is 8.31. The van der Waals surface area contributed by atoms with E-state index >= 15 is 0 Å². The van der Waals surface area contributed by atoms with Gasteiger partial charge in [-0.05, 0) is 45.6 Å². The van der Waals surface area contributed by atoms with Gasteiger partial charge in [0.2, 0.25) is 0 Å². The van der Waals surface area contributed by atoms with Gasteiger partial charge in [0, 0.05) is 24.3 Å². The molecule has 0 spiro atoms.